The van der Waals surface area contributed by atoms with Crippen molar-refractivity contribution in [2.24, 2.45) is 0 Å². The van der Waals surface area contributed by atoms with Gasteiger partial charge in [0.2, 0.25) is 0 Å². The van der Waals surface area contributed by atoms with E-state index in [9.17, 15) is 18.4 Å². The Balaban J connectivity index is 1.83. The molecule has 134 valence electrons. The maximum atomic E-state index is 12.3. The van der Waals surface area contributed by atoms with Crippen LogP contribution in [0.5, 0.6) is 11.5 Å². The average molecular weight is 371 g/mol. The summed E-state index contributed by atoms with van der Waals surface area (Å²) < 4.78 is 38.7. The lowest BCUT2D eigenvalue weighted by Gasteiger charge is -2.12. The standard InChI is InChI=1S/C16H15F2NO5S/c1-22-13-6-10(2-3-12(13)24-16(17)18)7-19-14(20)8-23-15(21)11-4-5-25-9-11/h2-6,9,16H,7-8H2,1H3,(H,19,20). The third-order valence-electron chi connectivity index (χ3n) is 3.03. The third-order valence-corrected chi connectivity index (χ3v) is 3.71. The number of amides is 1. The Morgan fingerprint density at radius 1 is 1.24 bits per heavy atom. The minimum absolute atomic E-state index is 0.0998. The molecule has 0 unspecified atom stereocenters. The van der Waals surface area contributed by atoms with Gasteiger partial charge in [0, 0.05) is 11.9 Å². The van der Waals surface area contributed by atoms with E-state index in [0.717, 1.165) is 0 Å². The first kappa shape index (κ1) is 18.7. The van der Waals surface area contributed by atoms with E-state index >= 15 is 0 Å². The fourth-order valence-electron chi connectivity index (χ4n) is 1.86. The highest BCUT2D eigenvalue weighted by Gasteiger charge is 2.13. The van der Waals surface area contributed by atoms with E-state index in [4.69, 9.17) is 9.47 Å². The molecule has 1 amide bonds. The van der Waals surface area contributed by atoms with Crippen LogP contribution in [0, 0.1) is 0 Å². The van der Waals surface area contributed by atoms with Crippen molar-refractivity contribution in [1.29, 1.82) is 0 Å². The second-order valence-electron chi connectivity index (χ2n) is 4.73. The fourth-order valence-corrected chi connectivity index (χ4v) is 2.49. The maximum absolute atomic E-state index is 12.3. The number of methoxy groups -OCH3 is 1. The maximum Gasteiger partial charge on any atom is 0.387 e. The summed E-state index contributed by atoms with van der Waals surface area (Å²) in [6.07, 6.45) is 0. The zero-order valence-electron chi connectivity index (χ0n) is 13.2. The van der Waals surface area contributed by atoms with E-state index in [0.29, 0.717) is 11.1 Å². The molecule has 0 spiro atoms. The van der Waals surface area contributed by atoms with Crippen molar-refractivity contribution in [2.75, 3.05) is 13.7 Å². The monoisotopic (exact) mass is 371 g/mol. The number of thiophene rings is 1. The predicted octanol–water partition coefficient (Wildman–Crippen LogP) is 2.83. The van der Waals surface area contributed by atoms with Gasteiger partial charge in [-0.3, -0.25) is 4.79 Å². The minimum atomic E-state index is -2.96. The summed E-state index contributed by atoms with van der Waals surface area (Å²) in [4.78, 5) is 23.3. The number of hydrogen-bond acceptors (Lipinski definition) is 6. The topological polar surface area (TPSA) is 73.9 Å². The van der Waals surface area contributed by atoms with Crippen molar-refractivity contribution >= 4 is 23.2 Å². The van der Waals surface area contributed by atoms with E-state index in [1.54, 1.807) is 16.8 Å². The second-order valence-corrected chi connectivity index (χ2v) is 5.51. The van der Waals surface area contributed by atoms with Crippen molar-refractivity contribution in [3.05, 3.63) is 46.2 Å². The van der Waals surface area contributed by atoms with Crippen LogP contribution < -0.4 is 14.8 Å². The summed E-state index contributed by atoms with van der Waals surface area (Å²) in [7, 11) is 1.32. The lowest BCUT2D eigenvalue weighted by Crippen LogP contribution is -2.28. The molecule has 0 saturated carbocycles. The molecule has 1 aromatic carbocycles. The van der Waals surface area contributed by atoms with Crippen LogP contribution in [-0.2, 0) is 16.1 Å². The van der Waals surface area contributed by atoms with Crippen molar-refractivity contribution in [3.8, 4) is 11.5 Å². The highest BCUT2D eigenvalue weighted by atomic mass is 32.1. The molecule has 0 saturated heterocycles. The average Bonchev–Trinajstić information content (AvgIpc) is 3.13. The third kappa shape index (κ3) is 5.71. The van der Waals surface area contributed by atoms with Crippen LogP contribution >= 0.6 is 11.3 Å². The quantitative estimate of drug-likeness (QED) is 0.723. The van der Waals surface area contributed by atoms with E-state index < -0.39 is 25.1 Å². The number of carbonyl (C=O) groups excluding carboxylic acids is 2. The minimum Gasteiger partial charge on any atom is -0.493 e. The van der Waals surface area contributed by atoms with Crippen LogP contribution in [0.25, 0.3) is 0 Å². The summed E-state index contributed by atoms with van der Waals surface area (Å²) in [6, 6.07) is 5.90. The molecule has 2 rings (SSSR count). The Bertz CT molecular complexity index is 721. The van der Waals surface area contributed by atoms with Crippen molar-refractivity contribution in [3.63, 3.8) is 0 Å². The highest BCUT2D eigenvalue weighted by molar-refractivity contribution is 7.08. The zero-order chi connectivity index (χ0) is 18.2. The van der Waals surface area contributed by atoms with Gasteiger partial charge in [-0.2, -0.15) is 20.1 Å². The molecule has 25 heavy (non-hydrogen) atoms. The van der Waals surface area contributed by atoms with Crippen molar-refractivity contribution in [1.82, 2.24) is 5.32 Å². The van der Waals surface area contributed by atoms with Gasteiger partial charge in [0.15, 0.2) is 18.1 Å². The van der Waals surface area contributed by atoms with E-state index in [1.165, 1.54) is 36.6 Å². The molecular weight excluding hydrogens is 356 g/mol. The molecule has 0 radical (unpaired) electrons. The summed E-state index contributed by atoms with van der Waals surface area (Å²) in [5.74, 6) is -1.05. The van der Waals surface area contributed by atoms with Gasteiger partial charge in [-0.15, -0.1) is 0 Å². The molecule has 0 aliphatic carbocycles. The van der Waals surface area contributed by atoms with E-state index in [1.807, 2.05) is 0 Å². The number of ether oxygens (including phenoxy) is 3. The number of rotatable bonds is 8. The first-order valence-corrected chi connectivity index (χ1v) is 8.01. The Hall–Kier alpha value is -2.68. The fraction of sp³-hybridized carbons (Fsp3) is 0.250. The number of benzene rings is 1. The lowest BCUT2D eigenvalue weighted by molar-refractivity contribution is -0.124. The van der Waals surface area contributed by atoms with Gasteiger partial charge in [0.1, 0.15) is 0 Å². The number of esters is 1. The number of nitrogens with one attached hydrogen (secondary N) is 1. The van der Waals surface area contributed by atoms with Crippen LogP contribution in [0.1, 0.15) is 15.9 Å². The Kier molecular flexibility index (Phi) is 6.70. The number of carbonyl (C=O) groups is 2. The summed E-state index contributed by atoms with van der Waals surface area (Å²) >= 11 is 1.35. The predicted molar refractivity (Wildman–Crippen MR) is 86.1 cm³/mol. The van der Waals surface area contributed by atoms with Gasteiger partial charge >= 0.3 is 12.6 Å². The van der Waals surface area contributed by atoms with Crippen LogP contribution in [0.3, 0.4) is 0 Å². The van der Waals surface area contributed by atoms with Crippen LogP contribution in [-0.4, -0.2) is 32.2 Å². The Morgan fingerprint density at radius 2 is 2.04 bits per heavy atom. The van der Waals surface area contributed by atoms with Gasteiger partial charge in [-0.25, -0.2) is 4.79 Å². The normalized spacial score (nSPS) is 10.4. The summed E-state index contributed by atoms with van der Waals surface area (Å²) in [6.45, 7) is -3.27. The molecule has 1 N–H and O–H groups in total. The Morgan fingerprint density at radius 3 is 2.68 bits per heavy atom. The zero-order valence-corrected chi connectivity index (χ0v) is 14.0. The first-order valence-electron chi connectivity index (χ1n) is 7.07. The van der Waals surface area contributed by atoms with Crippen molar-refractivity contribution < 1.29 is 32.6 Å². The number of hydrogen-bond donors (Lipinski definition) is 1. The second kappa shape index (κ2) is 8.97. The molecule has 0 fully saturated rings. The number of alkyl halides is 2. The Labute approximate surface area is 146 Å². The number of halogens is 2. The largest absolute Gasteiger partial charge is 0.493 e. The molecule has 1 heterocycles. The molecule has 0 atom stereocenters. The molecule has 6 nitrogen and oxygen atoms in total. The molecule has 9 heteroatoms. The van der Waals surface area contributed by atoms with Gasteiger partial charge in [0.05, 0.1) is 12.7 Å². The van der Waals surface area contributed by atoms with Crippen LogP contribution in [0.4, 0.5) is 8.78 Å². The molecule has 0 aliphatic heterocycles. The summed E-state index contributed by atoms with van der Waals surface area (Å²) in [5.41, 5.74) is 0.994. The smallest absolute Gasteiger partial charge is 0.387 e. The van der Waals surface area contributed by atoms with Gasteiger partial charge < -0.3 is 19.5 Å². The molecule has 2 aromatic rings. The van der Waals surface area contributed by atoms with E-state index in [2.05, 4.69) is 10.1 Å². The van der Waals surface area contributed by atoms with Gasteiger partial charge in [0.25, 0.3) is 5.91 Å². The van der Waals surface area contributed by atoms with Crippen molar-refractivity contribution in [2.45, 2.75) is 13.2 Å². The first-order chi connectivity index (χ1) is 12.0. The van der Waals surface area contributed by atoms with Gasteiger partial charge in [-0.05, 0) is 29.1 Å². The molecule has 0 bridgehead atoms. The molecular formula is C16H15F2NO5S. The lowest BCUT2D eigenvalue weighted by atomic mass is 10.2. The molecule has 0 aliphatic rings. The SMILES string of the molecule is COc1cc(CNC(=O)COC(=O)c2ccsc2)ccc1OC(F)F. The molecule has 1 aromatic heterocycles. The van der Waals surface area contributed by atoms with Crippen LogP contribution in [0.2, 0.25) is 0 Å². The highest BCUT2D eigenvalue weighted by Crippen LogP contribution is 2.29. The van der Waals surface area contributed by atoms with E-state index in [-0.39, 0.29) is 18.0 Å². The van der Waals surface area contributed by atoms with Gasteiger partial charge in [-0.1, -0.05) is 6.07 Å². The summed E-state index contributed by atoms with van der Waals surface area (Å²) in [5, 5.41) is 5.90. The van der Waals surface area contributed by atoms with Crippen LogP contribution in [0.15, 0.2) is 35.0 Å².